The number of hydrogen-bond donors (Lipinski definition) is 2. The number of likely N-dealkylation sites (tertiary alicyclic amines) is 1. The van der Waals surface area contributed by atoms with E-state index in [1.54, 1.807) is 6.92 Å². The molecule has 0 saturated carbocycles. The lowest BCUT2D eigenvalue weighted by Crippen LogP contribution is -2.33. The Hall–Kier alpha value is -1.92. The highest BCUT2D eigenvalue weighted by atomic mass is 16.2. The molecule has 7 nitrogen and oxygen atoms in total. The Kier molecular flexibility index (Phi) is 3.37. The van der Waals surface area contributed by atoms with Gasteiger partial charge in [0.1, 0.15) is 0 Å². The van der Waals surface area contributed by atoms with Crippen LogP contribution < -0.4 is 11.5 Å². The van der Waals surface area contributed by atoms with Crippen molar-refractivity contribution in [2.45, 2.75) is 19.8 Å². The first-order valence-corrected chi connectivity index (χ1v) is 4.46. The van der Waals surface area contributed by atoms with E-state index in [9.17, 15) is 9.59 Å². The minimum Gasteiger partial charge on any atom is -0.369 e. The van der Waals surface area contributed by atoms with Gasteiger partial charge in [-0.15, -0.1) is 5.10 Å². The Labute approximate surface area is 86.8 Å². The van der Waals surface area contributed by atoms with Crippen molar-refractivity contribution in [1.82, 2.24) is 4.90 Å². The van der Waals surface area contributed by atoms with Crippen LogP contribution in [-0.4, -0.2) is 34.9 Å². The van der Waals surface area contributed by atoms with Crippen molar-refractivity contribution in [1.29, 1.82) is 0 Å². The third-order valence-corrected chi connectivity index (χ3v) is 1.88. The van der Waals surface area contributed by atoms with Crippen molar-refractivity contribution < 1.29 is 9.59 Å². The maximum atomic E-state index is 11.2. The monoisotopic (exact) mass is 211 g/mol. The van der Waals surface area contributed by atoms with Crippen LogP contribution in [0.25, 0.3) is 0 Å². The number of nitrogens with zero attached hydrogens (tertiary/aromatic N) is 3. The van der Waals surface area contributed by atoms with Crippen molar-refractivity contribution in [3.05, 3.63) is 0 Å². The molecule has 0 aromatic carbocycles. The van der Waals surface area contributed by atoms with E-state index in [0.29, 0.717) is 5.71 Å². The van der Waals surface area contributed by atoms with Gasteiger partial charge in [-0.05, 0) is 6.92 Å². The number of carbonyl (C=O) groups excluding carboxylic acids is 2. The fourth-order valence-electron chi connectivity index (χ4n) is 1.20. The average Bonchev–Trinajstić information content (AvgIpc) is 2.46. The van der Waals surface area contributed by atoms with Gasteiger partial charge in [0, 0.05) is 12.8 Å². The molecule has 1 fully saturated rings. The Morgan fingerprint density at radius 2 is 1.80 bits per heavy atom. The molecule has 1 aliphatic rings. The van der Waals surface area contributed by atoms with Crippen LogP contribution in [0.15, 0.2) is 10.2 Å². The number of carbonyl (C=O) groups is 2. The standard InChI is InChI=1S/C8H13N5O2/c1-5(11-12-8(9)10)4-13-6(14)2-3-7(13)15/h2-4H2,1H3,(H4,9,10,12)/b11-5+. The van der Waals surface area contributed by atoms with E-state index >= 15 is 0 Å². The first-order valence-electron chi connectivity index (χ1n) is 4.46. The van der Waals surface area contributed by atoms with Gasteiger partial charge in [-0.1, -0.05) is 0 Å². The number of amides is 2. The normalized spacial score (nSPS) is 17.1. The molecule has 4 N–H and O–H groups in total. The average molecular weight is 211 g/mol. The van der Waals surface area contributed by atoms with Crippen LogP contribution in [0.1, 0.15) is 19.8 Å². The summed E-state index contributed by atoms with van der Waals surface area (Å²) in [5.74, 6) is -0.521. The molecule has 0 unspecified atom stereocenters. The molecule has 1 heterocycles. The predicted molar refractivity (Wildman–Crippen MR) is 54.9 cm³/mol. The summed E-state index contributed by atoms with van der Waals surface area (Å²) in [6.45, 7) is 1.79. The highest BCUT2D eigenvalue weighted by Crippen LogP contribution is 2.11. The van der Waals surface area contributed by atoms with Crippen LogP contribution in [0.2, 0.25) is 0 Å². The molecule has 0 aromatic rings. The SMILES string of the molecule is C/C(CN1C(=O)CCC1=O)=N\N=C(N)N. The van der Waals surface area contributed by atoms with E-state index in [2.05, 4.69) is 10.2 Å². The molecule has 0 spiro atoms. The topological polar surface area (TPSA) is 114 Å². The Balaban J connectivity index is 2.61. The van der Waals surface area contributed by atoms with Gasteiger partial charge in [-0.25, -0.2) is 0 Å². The summed E-state index contributed by atoms with van der Waals surface area (Å²) in [5.41, 5.74) is 10.7. The fraction of sp³-hybridized carbons (Fsp3) is 0.500. The third-order valence-electron chi connectivity index (χ3n) is 1.88. The number of imide groups is 1. The second-order valence-electron chi connectivity index (χ2n) is 3.23. The van der Waals surface area contributed by atoms with Gasteiger partial charge in [0.05, 0.1) is 12.3 Å². The number of nitrogens with two attached hydrogens (primary N) is 2. The summed E-state index contributed by atoms with van der Waals surface area (Å²) in [6.07, 6.45) is 0.544. The maximum Gasteiger partial charge on any atom is 0.230 e. The predicted octanol–water partition coefficient (Wildman–Crippen LogP) is -1.22. The maximum absolute atomic E-state index is 11.2. The van der Waals surface area contributed by atoms with Crippen molar-refractivity contribution >= 4 is 23.5 Å². The summed E-state index contributed by atoms with van der Waals surface area (Å²) in [5, 5.41) is 7.09. The van der Waals surface area contributed by atoms with E-state index < -0.39 is 0 Å². The summed E-state index contributed by atoms with van der Waals surface area (Å²) in [7, 11) is 0. The molecule has 1 saturated heterocycles. The van der Waals surface area contributed by atoms with Crippen LogP contribution in [0, 0.1) is 0 Å². The van der Waals surface area contributed by atoms with Crippen molar-refractivity contribution in [3.8, 4) is 0 Å². The molecule has 0 aliphatic carbocycles. The zero-order chi connectivity index (χ0) is 11.4. The highest BCUT2D eigenvalue weighted by Gasteiger charge is 2.28. The van der Waals surface area contributed by atoms with Crippen molar-refractivity contribution in [3.63, 3.8) is 0 Å². The van der Waals surface area contributed by atoms with E-state index in [0.717, 1.165) is 4.90 Å². The molecule has 82 valence electrons. The first-order chi connectivity index (χ1) is 7.00. The largest absolute Gasteiger partial charge is 0.369 e. The molecule has 7 heteroatoms. The van der Waals surface area contributed by atoms with E-state index in [-0.39, 0.29) is 37.2 Å². The number of guanidine groups is 1. The molecule has 2 amide bonds. The van der Waals surface area contributed by atoms with Crippen LogP contribution in [-0.2, 0) is 9.59 Å². The molecule has 15 heavy (non-hydrogen) atoms. The van der Waals surface area contributed by atoms with Gasteiger partial charge in [0.2, 0.25) is 17.8 Å². The van der Waals surface area contributed by atoms with Gasteiger partial charge < -0.3 is 11.5 Å². The van der Waals surface area contributed by atoms with Crippen LogP contribution >= 0.6 is 0 Å². The second kappa shape index (κ2) is 4.54. The number of rotatable bonds is 3. The third kappa shape index (κ3) is 3.04. The molecule has 0 radical (unpaired) electrons. The Morgan fingerprint density at radius 3 is 2.27 bits per heavy atom. The summed E-state index contributed by atoms with van der Waals surface area (Å²) < 4.78 is 0. The lowest BCUT2D eigenvalue weighted by atomic mass is 10.4. The number of hydrogen-bond acceptors (Lipinski definition) is 4. The summed E-state index contributed by atoms with van der Waals surface area (Å²) in [6, 6.07) is 0. The zero-order valence-corrected chi connectivity index (χ0v) is 8.43. The Bertz CT molecular complexity index is 327. The van der Waals surface area contributed by atoms with Crippen LogP contribution in [0.5, 0.6) is 0 Å². The molecule has 0 atom stereocenters. The quantitative estimate of drug-likeness (QED) is 0.263. The van der Waals surface area contributed by atoms with E-state index in [1.165, 1.54) is 0 Å². The van der Waals surface area contributed by atoms with Crippen LogP contribution in [0.4, 0.5) is 0 Å². The molecule has 1 aliphatic heterocycles. The lowest BCUT2D eigenvalue weighted by molar-refractivity contribution is -0.137. The second-order valence-corrected chi connectivity index (χ2v) is 3.23. The fourth-order valence-corrected chi connectivity index (χ4v) is 1.20. The van der Waals surface area contributed by atoms with E-state index in [1.807, 2.05) is 0 Å². The minimum atomic E-state index is -0.181. The van der Waals surface area contributed by atoms with Gasteiger partial charge in [-0.3, -0.25) is 14.5 Å². The minimum absolute atomic E-state index is 0.147. The zero-order valence-electron chi connectivity index (χ0n) is 8.43. The van der Waals surface area contributed by atoms with Gasteiger partial charge in [0.25, 0.3) is 0 Å². The van der Waals surface area contributed by atoms with E-state index in [4.69, 9.17) is 11.5 Å². The summed E-state index contributed by atoms with van der Waals surface area (Å²) >= 11 is 0. The van der Waals surface area contributed by atoms with Crippen molar-refractivity contribution in [2.24, 2.45) is 21.7 Å². The molecule has 1 rings (SSSR count). The van der Waals surface area contributed by atoms with Gasteiger partial charge in [-0.2, -0.15) is 5.10 Å². The molecule has 0 aromatic heterocycles. The van der Waals surface area contributed by atoms with Gasteiger partial charge in [0.15, 0.2) is 0 Å². The summed E-state index contributed by atoms with van der Waals surface area (Å²) in [4.78, 5) is 23.6. The van der Waals surface area contributed by atoms with Crippen LogP contribution in [0.3, 0.4) is 0 Å². The first kappa shape index (κ1) is 11.2. The van der Waals surface area contributed by atoms with Crippen molar-refractivity contribution in [2.75, 3.05) is 6.54 Å². The molecule has 0 bridgehead atoms. The molecular formula is C8H13N5O2. The van der Waals surface area contributed by atoms with Gasteiger partial charge >= 0.3 is 0 Å². The lowest BCUT2D eigenvalue weighted by Gasteiger charge is -2.11. The molecular weight excluding hydrogens is 198 g/mol. The highest BCUT2D eigenvalue weighted by molar-refractivity contribution is 6.05. The smallest absolute Gasteiger partial charge is 0.230 e. The Morgan fingerprint density at radius 1 is 1.27 bits per heavy atom.